The van der Waals surface area contributed by atoms with Crippen molar-refractivity contribution in [2.75, 3.05) is 0 Å². The van der Waals surface area contributed by atoms with Gasteiger partial charge in [-0.1, -0.05) is 50.2 Å². The number of rotatable bonds is 4. The van der Waals surface area contributed by atoms with Gasteiger partial charge in [-0.15, -0.1) is 0 Å². The van der Waals surface area contributed by atoms with Crippen LogP contribution >= 0.6 is 0 Å². The van der Waals surface area contributed by atoms with Gasteiger partial charge in [0.2, 0.25) is 0 Å². The summed E-state index contributed by atoms with van der Waals surface area (Å²) in [7, 11) is 0. The van der Waals surface area contributed by atoms with E-state index in [1.807, 2.05) is 24.3 Å². The van der Waals surface area contributed by atoms with Gasteiger partial charge in [0.1, 0.15) is 23.0 Å². The van der Waals surface area contributed by atoms with Crippen molar-refractivity contribution in [1.82, 2.24) is 0 Å². The molecule has 0 aliphatic carbocycles. The van der Waals surface area contributed by atoms with Crippen LogP contribution in [-0.4, -0.2) is 20.4 Å². The zero-order chi connectivity index (χ0) is 18.8. The number of hydrogen-bond acceptors (Lipinski definition) is 4. The summed E-state index contributed by atoms with van der Waals surface area (Å²) >= 11 is 0. The average Bonchev–Trinajstić information content (AvgIpc) is 2.59. The van der Waals surface area contributed by atoms with Crippen LogP contribution in [-0.2, 0) is 0 Å². The third kappa shape index (κ3) is 3.45. The van der Waals surface area contributed by atoms with E-state index in [2.05, 4.69) is 13.8 Å². The fourth-order valence-electron chi connectivity index (χ4n) is 3.15. The predicted molar refractivity (Wildman–Crippen MR) is 101 cm³/mol. The number of benzene rings is 3. The van der Waals surface area contributed by atoms with Gasteiger partial charge in [0.25, 0.3) is 0 Å². The third-order valence-corrected chi connectivity index (χ3v) is 4.59. The topological polar surface area (TPSA) is 80.9 Å². The normalized spacial score (nSPS) is 11.2. The molecule has 0 fully saturated rings. The number of phenols is 4. The molecule has 0 aliphatic heterocycles. The molecule has 26 heavy (non-hydrogen) atoms. The second-order valence-electron chi connectivity index (χ2n) is 6.74. The van der Waals surface area contributed by atoms with E-state index in [4.69, 9.17) is 0 Å². The van der Waals surface area contributed by atoms with E-state index in [1.165, 1.54) is 29.8 Å². The highest BCUT2D eigenvalue weighted by Crippen LogP contribution is 2.42. The highest BCUT2D eigenvalue weighted by atomic mass is 16.3. The van der Waals surface area contributed by atoms with E-state index >= 15 is 0 Å². The molecule has 4 heteroatoms. The lowest BCUT2D eigenvalue weighted by molar-refractivity contribution is 0.440. The molecule has 3 aromatic rings. The minimum absolute atomic E-state index is 0.0323. The molecule has 0 unspecified atom stereocenters. The summed E-state index contributed by atoms with van der Waals surface area (Å²) in [6.07, 6.45) is 0. The van der Waals surface area contributed by atoms with Crippen molar-refractivity contribution < 1.29 is 20.4 Å². The van der Waals surface area contributed by atoms with Gasteiger partial charge in [-0.2, -0.15) is 0 Å². The summed E-state index contributed by atoms with van der Waals surface area (Å²) in [4.78, 5) is 0. The molecule has 4 nitrogen and oxygen atoms in total. The first-order valence-corrected chi connectivity index (χ1v) is 8.50. The average molecular weight is 350 g/mol. The van der Waals surface area contributed by atoms with Gasteiger partial charge < -0.3 is 20.4 Å². The van der Waals surface area contributed by atoms with Crippen LogP contribution in [0.15, 0.2) is 60.7 Å². The molecule has 0 amide bonds. The molecule has 0 saturated carbocycles. The molecule has 0 radical (unpaired) electrons. The van der Waals surface area contributed by atoms with E-state index in [0.717, 1.165) is 5.56 Å². The van der Waals surface area contributed by atoms with Gasteiger partial charge in [-0.25, -0.2) is 0 Å². The fourth-order valence-corrected chi connectivity index (χ4v) is 3.15. The van der Waals surface area contributed by atoms with Crippen LogP contribution in [0.3, 0.4) is 0 Å². The van der Waals surface area contributed by atoms with Crippen molar-refractivity contribution in [1.29, 1.82) is 0 Å². The van der Waals surface area contributed by atoms with Crippen LogP contribution in [0, 0.1) is 0 Å². The molecular formula is C22H22O4. The minimum atomic E-state index is -0.447. The van der Waals surface area contributed by atoms with Crippen LogP contribution in [0.1, 0.15) is 47.9 Å². The lowest BCUT2D eigenvalue weighted by Gasteiger charge is -2.21. The Kier molecular flexibility index (Phi) is 4.76. The van der Waals surface area contributed by atoms with Crippen molar-refractivity contribution in [3.05, 3.63) is 82.9 Å². The molecule has 0 bridgehead atoms. The van der Waals surface area contributed by atoms with Crippen LogP contribution in [0.5, 0.6) is 23.0 Å². The van der Waals surface area contributed by atoms with Crippen LogP contribution in [0.4, 0.5) is 0 Å². The Morgan fingerprint density at radius 2 is 1.00 bits per heavy atom. The van der Waals surface area contributed by atoms with Crippen LogP contribution in [0.2, 0.25) is 0 Å². The maximum absolute atomic E-state index is 10.4. The van der Waals surface area contributed by atoms with Gasteiger partial charge in [0, 0.05) is 29.2 Å². The first-order valence-electron chi connectivity index (χ1n) is 8.50. The minimum Gasteiger partial charge on any atom is -0.508 e. The maximum atomic E-state index is 10.4. The van der Waals surface area contributed by atoms with Crippen molar-refractivity contribution in [3.63, 3.8) is 0 Å². The molecule has 0 aliphatic rings. The van der Waals surface area contributed by atoms with E-state index < -0.39 is 5.92 Å². The molecule has 4 N–H and O–H groups in total. The Morgan fingerprint density at radius 1 is 0.577 bits per heavy atom. The first kappa shape index (κ1) is 17.7. The lowest BCUT2D eigenvalue weighted by Crippen LogP contribution is -2.04. The van der Waals surface area contributed by atoms with E-state index in [0.29, 0.717) is 17.0 Å². The molecule has 3 aromatic carbocycles. The van der Waals surface area contributed by atoms with Crippen molar-refractivity contribution in [2.24, 2.45) is 0 Å². The van der Waals surface area contributed by atoms with Crippen LogP contribution in [0.25, 0.3) is 0 Å². The third-order valence-electron chi connectivity index (χ3n) is 4.59. The molecule has 3 rings (SSSR count). The van der Waals surface area contributed by atoms with Crippen LogP contribution < -0.4 is 0 Å². The van der Waals surface area contributed by atoms with E-state index in [9.17, 15) is 20.4 Å². The van der Waals surface area contributed by atoms with Gasteiger partial charge in [0.15, 0.2) is 0 Å². The SMILES string of the molecule is CC(C)c1ccc(C(c2ccc(O)cc2O)c2ccc(O)cc2O)cc1. The Morgan fingerprint density at radius 3 is 1.38 bits per heavy atom. The fraction of sp³-hybridized carbons (Fsp3) is 0.182. The largest absolute Gasteiger partial charge is 0.508 e. The number of aromatic hydroxyl groups is 4. The van der Waals surface area contributed by atoms with E-state index in [1.54, 1.807) is 12.1 Å². The summed E-state index contributed by atoms with van der Waals surface area (Å²) in [6, 6.07) is 16.8. The summed E-state index contributed by atoms with van der Waals surface area (Å²) in [5.74, 6) is -0.236. The Balaban J connectivity index is 2.18. The summed E-state index contributed by atoms with van der Waals surface area (Å²) in [5.41, 5.74) is 3.19. The smallest absolute Gasteiger partial charge is 0.123 e. The second kappa shape index (κ2) is 7.00. The van der Waals surface area contributed by atoms with Gasteiger partial charge in [-0.3, -0.25) is 0 Å². The van der Waals surface area contributed by atoms with Gasteiger partial charge >= 0.3 is 0 Å². The summed E-state index contributed by atoms with van der Waals surface area (Å²) < 4.78 is 0. The zero-order valence-electron chi connectivity index (χ0n) is 14.7. The highest BCUT2D eigenvalue weighted by Gasteiger charge is 2.23. The Hall–Kier alpha value is -3.14. The lowest BCUT2D eigenvalue weighted by atomic mass is 9.83. The Labute approximate surface area is 152 Å². The molecule has 0 atom stereocenters. The molecular weight excluding hydrogens is 328 g/mol. The Bertz CT molecular complexity index is 862. The number of hydrogen-bond donors (Lipinski definition) is 4. The van der Waals surface area contributed by atoms with Crippen molar-refractivity contribution in [2.45, 2.75) is 25.7 Å². The zero-order valence-corrected chi connectivity index (χ0v) is 14.7. The summed E-state index contributed by atoms with van der Waals surface area (Å²) in [5, 5.41) is 40.0. The monoisotopic (exact) mass is 350 g/mol. The maximum Gasteiger partial charge on any atom is 0.123 e. The second-order valence-corrected chi connectivity index (χ2v) is 6.74. The molecule has 0 saturated heterocycles. The highest BCUT2D eigenvalue weighted by molar-refractivity contribution is 5.55. The molecule has 0 aromatic heterocycles. The molecule has 134 valence electrons. The standard InChI is InChI=1S/C22H22O4/c1-13(2)14-3-5-15(6-4-14)22(18-9-7-16(23)11-20(18)25)19-10-8-17(24)12-21(19)26/h3-13,22-26H,1-2H3. The molecule has 0 heterocycles. The van der Waals surface area contributed by atoms with Crippen molar-refractivity contribution >= 4 is 0 Å². The van der Waals surface area contributed by atoms with Crippen molar-refractivity contribution in [3.8, 4) is 23.0 Å². The summed E-state index contributed by atoms with van der Waals surface area (Å²) in [6.45, 7) is 4.23. The first-order chi connectivity index (χ1) is 12.4. The number of phenolic OH excluding ortho intramolecular Hbond substituents is 4. The predicted octanol–water partition coefficient (Wildman–Crippen LogP) is 4.81. The van der Waals surface area contributed by atoms with Gasteiger partial charge in [0.05, 0.1) is 0 Å². The molecule has 0 spiro atoms. The quantitative estimate of drug-likeness (QED) is 0.509. The van der Waals surface area contributed by atoms with Gasteiger partial charge in [-0.05, 0) is 29.2 Å². The van der Waals surface area contributed by atoms with E-state index in [-0.39, 0.29) is 23.0 Å².